The van der Waals surface area contributed by atoms with Crippen LogP contribution in [0.1, 0.15) is 26.7 Å². The minimum Gasteiger partial charge on any atom is -0.468 e. The van der Waals surface area contributed by atoms with Crippen molar-refractivity contribution in [3.63, 3.8) is 0 Å². The molecular weight excluding hydrogens is 214 g/mol. The maximum atomic E-state index is 11.6. The smallest absolute Gasteiger partial charge is 0.323 e. The molecule has 1 fully saturated rings. The van der Waals surface area contributed by atoms with Gasteiger partial charge in [0.15, 0.2) is 0 Å². The molecule has 1 N–H and O–H groups in total. The second kappa shape index (κ2) is 5.21. The number of hydrogen-bond acceptors (Lipinski definition) is 3. The van der Waals surface area contributed by atoms with Crippen molar-refractivity contribution in [3.05, 3.63) is 12.2 Å². The largest absolute Gasteiger partial charge is 0.468 e. The van der Waals surface area contributed by atoms with Crippen molar-refractivity contribution in [1.82, 2.24) is 5.32 Å². The van der Waals surface area contributed by atoms with Crippen molar-refractivity contribution < 1.29 is 9.53 Å². The zero-order valence-corrected chi connectivity index (χ0v) is 11.0. The van der Waals surface area contributed by atoms with E-state index in [0.29, 0.717) is 5.92 Å². The molecule has 0 amide bonds. The average Bonchev–Trinajstić information content (AvgIpc) is 2.90. The second-order valence-corrected chi connectivity index (χ2v) is 5.69. The van der Waals surface area contributed by atoms with Gasteiger partial charge in [-0.05, 0) is 43.1 Å². The quantitative estimate of drug-likeness (QED) is 0.587. The summed E-state index contributed by atoms with van der Waals surface area (Å²) in [5, 5.41) is 3.39. The molecule has 3 nitrogen and oxygen atoms in total. The van der Waals surface area contributed by atoms with Gasteiger partial charge in [-0.2, -0.15) is 0 Å². The van der Waals surface area contributed by atoms with Crippen LogP contribution in [-0.2, 0) is 9.53 Å². The highest BCUT2D eigenvalue weighted by atomic mass is 16.5. The molecule has 1 saturated carbocycles. The van der Waals surface area contributed by atoms with Crippen LogP contribution in [0.5, 0.6) is 0 Å². The van der Waals surface area contributed by atoms with Gasteiger partial charge < -0.3 is 10.1 Å². The molecule has 3 unspecified atom stereocenters. The molecule has 0 saturated heterocycles. The van der Waals surface area contributed by atoms with Crippen molar-refractivity contribution in [3.8, 4) is 0 Å². The molecular formula is C14H23NO2. The van der Waals surface area contributed by atoms with Crippen LogP contribution in [0, 0.1) is 23.7 Å². The lowest BCUT2D eigenvalue weighted by Crippen LogP contribution is -2.44. The average molecular weight is 237 g/mol. The van der Waals surface area contributed by atoms with Gasteiger partial charge in [0.25, 0.3) is 0 Å². The summed E-state index contributed by atoms with van der Waals surface area (Å²) in [6.07, 6.45) is 7.29. The second-order valence-electron chi connectivity index (χ2n) is 5.69. The third-order valence-electron chi connectivity index (χ3n) is 4.14. The highest BCUT2D eigenvalue weighted by Crippen LogP contribution is 2.43. The van der Waals surface area contributed by atoms with E-state index in [1.165, 1.54) is 20.0 Å². The lowest BCUT2D eigenvalue weighted by molar-refractivity contribution is -0.144. The van der Waals surface area contributed by atoms with Crippen molar-refractivity contribution in [2.45, 2.75) is 32.7 Å². The highest BCUT2D eigenvalue weighted by Gasteiger charge is 2.36. The molecule has 0 aromatic carbocycles. The SMILES string of the molecule is COC(=O)[C@H](NCC1CC2C=CC1C2)C(C)C. The Morgan fingerprint density at radius 1 is 1.41 bits per heavy atom. The molecule has 96 valence electrons. The van der Waals surface area contributed by atoms with Gasteiger partial charge in [-0.25, -0.2) is 0 Å². The summed E-state index contributed by atoms with van der Waals surface area (Å²) in [4.78, 5) is 11.6. The highest BCUT2D eigenvalue weighted by molar-refractivity contribution is 5.75. The molecule has 0 spiro atoms. The van der Waals surface area contributed by atoms with E-state index in [-0.39, 0.29) is 17.9 Å². The summed E-state index contributed by atoms with van der Waals surface area (Å²) in [6.45, 7) is 5.04. The maximum absolute atomic E-state index is 11.6. The summed E-state index contributed by atoms with van der Waals surface area (Å²) >= 11 is 0. The normalized spacial score (nSPS) is 32.1. The zero-order valence-electron chi connectivity index (χ0n) is 11.0. The summed E-state index contributed by atoms with van der Waals surface area (Å²) < 4.78 is 4.84. The van der Waals surface area contributed by atoms with Crippen LogP contribution in [0.2, 0.25) is 0 Å². The Kier molecular flexibility index (Phi) is 3.87. The van der Waals surface area contributed by atoms with E-state index in [1.54, 1.807) is 0 Å². The fourth-order valence-corrected chi connectivity index (χ4v) is 3.13. The van der Waals surface area contributed by atoms with E-state index in [9.17, 15) is 4.79 Å². The molecule has 2 aliphatic rings. The topological polar surface area (TPSA) is 38.3 Å². The third-order valence-corrected chi connectivity index (χ3v) is 4.14. The van der Waals surface area contributed by atoms with Crippen LogP contribution in [-0.4, -0.2) is 25.7 Å². The predicted molar refractivity (Wildman–Crippen MR) is 67.5 cm³/mol. The maximum Gasteiger partial charge on any atom is 0.323 e. The summed E-state index contributed by atoms with van der Waals surface area (Å²) in [6, 6.07) is -0.164. The fourth-order valence-electron chi connectivity index (χ4n) is 3.13. The van der Waals surface area contributed by atoms with E-state index >= 15 is 0 Å². The number of esters is 1. The van der Waals surface area contributed by atoms with Gasteiger partial charge in [-0.3, -0.25) is 4.79 Å². The molecule has 4 atom stereocenters. The van der Waals surface area contributed by atoms with E-state index in [0.717, 1.165) is 18.4 Å². The van der Waals surface area contributed by atoms with Gasteiger partial charge >= 0.3 is 5.97 Å². The number of allylic oxidation sites excluding steroid dienone is 2. The van der Waals surface area contributed by atoms with Crippen LogP contribution in [0.3, 0.4) is 0 Å². The molecule has 0 radical (unpaired) electrons. The Morgan fingerprint density at radius 3 is 2.65 bits per heavy atom. The van der Waals surface area contributed by atoms with E-state index < -0.39 is 0 Å². The van der Waals surface area contributed by atoms with Crippen molar-refractivity contribution in [2.75, 3.05) is 13.7 Å². The van der Waals surface area contributed by atoms with Crippen LogP contribution in [0.15, 0.2) is 12.2 Å². The number of nitrogens with one attached hydrogen (secondary N) is 1. The van der Waals surface area contributed by atoms with Crippen LogP contribution >= 0.6 is 0 Å². The Balaban J connectivity index is 1.83. The summed E-state index contributed by atoms with van der Waals surface area (Å²) in [7, 11) is 1.46. The fraction of sp³-hybridized carbons (Fsp3) is 0.786. The molecule has 0 heterocycles. The first-order valence-electron chi connectivity index (χ1n) is 6.61. The Bertz CT molecular complexity index is 311. The van der Waals surface area contributed by atoms with E-state index in [1.807, 2.05) is 0 Å². The van der Waals surface area contributed by atoms with Crippen molar-refractivity contribution in [1.29, 1.82) is 0 Å². The minimum absolute atomic E-state index is 0.140. The van der Waals surface area contributed by atoms with Crippen LogP contribution < -0.4 is 5.32 Å². The number of fused-ring (bicyclic) bond motifs is 2. The predicted octanol–water partition coefficient (Wildman–Crippen LogP) is 1.99. The van der Waals surface area contributed by atoms with E-state index in [4.69, 9.17) is 4.74 Å². The van der Waals surface area contributed by atoms with Crippen LogP contribution in [0.25, 0.3) is 0 Å². The van der Waals surface area contributed by atoms with Gasteiger partial charge in [-0.15, -0.1) is 0 Å². The number of carbonyl (C=O) groups is 1. The van der Waals surface area contributed by atoms with Gasteiger partial charge in [0.2, 0.25) is 0 Å². The standard InChI is InChI=1S/C14H23NO2/c1-9(2)13(14(16)17-3)15-8-12-7-10-4-5-11(12)6-10/h4-5,9-13,15H,6-8H2,1-3H3/t10?,11?,12?,13-/m1/s1. The number of ether oxygens (including phenoxy) is 1. The Morgan fingerprint density at radius 2 is 2.18 bits per heavy atom. The van der Waals surface area contributed by atoms with Crippen molar-refractivity contribution in [2.24, 2.45) is 23.7 Å². The molecule has 0 aromatic heterocycles. The number of hydrogen-bond donors (Lipinski definition) is 1. The van der Waals surface area contributed by atoms with Gasteiger partial charge in [0.1, 0.15) is 6.04 Å². The molecule has 0 aliphatic heterocycles. The first-order chi connectivity index (χ1) is 8.11. The van der Waals surface area contributed by atoms with Crippen LogP contribution in [0.4, 0.5) is 0 Å². The van der Waals surface area contributed by atoms with Crippen molar-refractivity contribution >= 4 is 5.97 Å². The minimum atomic E-state index is -0.164. The monoisotopic (exact) mass is 237 g/mol. The Hall–Kier alpha value is -0.830. The van der Waals surface area contributed by atoms with Gasteiger partial charge in [-0.1, -0.05) is 26.0 Å². The lowest BCUT2D eigenvalue weighted by Gasteiger charge is -2.24. The molecule has 0 aromatic rings. The number of rotatable bonds is 5. The summed E-state index contributed by atoms with van der Waals surface area (Å²) in [5.41, 5.74) is 0. The first kappa shape index (κ1) is 12.6. The molecule has 3 heteroatoms. The zero-order chi connectivity index (χ0) is 12.4. The third kappa shape index (κ3) is 2.71. The summed E-state index contributed by atoms with van der Waals surface area (Å²) in [5.74, 6) is 2.37. The van der Waals surface area contributed by atoms with E-state index in [2.05, 4.69) is 31.3 Å². The van der Waals surface area contributed by atoms with Gasteiger partial charge in [0, 0.05) is 0 Å². The number of carbonyl (C=O) groups excluding carboxylic acids is 1. The Labute approximate surface area is 104 Å². The molecule has 2 bridgehead atoms. The molecule has 17 heavy (non-hydrogen) atoms. The molecule has 2 rings (SSSR count). The first-order valence-corrected chi connectivity index (χ1v) is 6.61. The number of methoxy groups -OCH3 is 1. The van der Waals surface area contributed by atoms with Gasteiger partial charge in [0.05, 0.1) is 7.11 Å². The molecule has 2 aliphatic carbocycles. The lowest BCUT2D eigenvalue weighted by atomic mass is 9.93.